The van der Waals surface area contributed by atoms with Crippen molar-refractivity contribution in [3.8, 4) is 0 Å². The van der Waals surface area contributed by atoms with Crippen molar-refractivity contribution in [2.24, 2.45) is 7.05 Å². The lowest BCUT2D eigenvalue weighted by Gasteiger charge is -2.28. The summed E-state index contributed by atoms with van der Waals surface area (Å²) >= 11 is 1.71. The largest absolute Gasteiger partial charge is 0.309 e. The molecule has 0 radical (unpaired) electrons. The lowest BCUT2D eigenvalue weighted by atomic mass is 10.2. The predicted octanol–water partition coefficient (Wildman–Crippen LogP) is 1.89. The Bertz CT molecular complexity index is 625. The van der Waals surface area contributed by atoms with E-state index in [0.29, 0.717) is 6.42 Å². The summed E-state index contributed by atoms with van der Waals surface area (Å²) in [6, 6.07) is 3.85. The van der Waals surface area contributed by atoms with Gasteiger partial charge in [-0.1, -0.05) is 0 Å². The summed E-state index contributed by atoms with van der Waals surface area (Å²) in [5, 5.41) is 5.07. The summed E-state index contributed by atoms with van der Waals surface area (Å²) < 4.78 is 1.76. The van der Waals surface area contributed by atoms with Crippen molar-refractivity contribution in [3.05, 3.63) is 36.3 Å². The maximum atomic E-state index is 12.4. The maximum Gasteiger partial charge on any atom is 0.227 e. The highest BCUT2D eigenvalue weighted by atomic mass is 32.2. The molecule has 0 bridgehead atoms. The zero-order valence-electron chi connectivity index (χ0n) is 11.3. The van der Waals surface area contributed by atoms with Crippen LogP contribution in [0.3, 0.4) is 0 Å². The van der Waals surface area contributed by atoms with Crippen LogP contribution in [-0.4, -0.2) is 33.0 Å². The van der Waals surface area contributed by atoms with Crippen molar-refractivity contribution in [1.29, 1.82) is 0 Å². The summed E-state index contributed by atoms with van der Waals surface area (Å²) in [6.07, 6.45) is 6.77. The minimum atomic E-state index is 0.156. The first-order valence-corrected chi connectivity index (χ1v) is 7.58. The van der Waals surface area contributed by atoms with Gasteiger partial charge >= 0.3 is 0 Å². The Kier molecular flexibility index (Phi) is 3.73. The molecule has 0 saturated carbocycles. The van der Waals surface area contributed by atoms with E-state index in [0.717, 1.165) is 35.0 Å². The monoisotopic (exact) mass is 288 g/mol. The van der Waals surface area contributed by atoms with Gasteiger partial charge in [-0.2, -0.15) is 5.10 Å². The average Bonchev–Trinajstić information content (AvgIpc) is 2.90. The van der Waals surface area contributed by atoms with Crippen molar-refractivity contribution in [2.75, 3.05) is 17.2 Å². The van der Waals surface area contributed by atoms with Gasteiger partial charge in [-0.15, -0.1) is 11.8 Å². The molecule has 0 aromatic carbocycles. The Balaban J connectivity index is 1.69. The van der Waals surface area contributed by atoms with Gasteiger partial charge in [-0.3, -0.25) is 9.48 Å². The fraction of sp³-hybridized carbons (Fsp3) is 0.357. The van der Waals surface area contributed by atoms with E-state index in [1.165, 1.54) is 0 Å². The van der Waals surface area contributed by atoms with Gasteiger partial charge in [-0.25, -0.2) is 4.98 Å². The third-order valence-corrected chi connectivity index (χ3v) is 4.26. The lowest BCUT2D eigenvalue weighted by Crippen LogP contribution is -2.35. The number of nitrogens with zero attached hydrogens (tertiary/aromatic N) is 4. The van der Waals surface area contributed by atoms with E-state index < -0.39 is 0 Å². The van der Waals surface area contributed by atoms with Gasteiger partial charge in [0.25, 0.3) is 0 Å². The second kappa shape index (κ2) is 5.66. The number of anilines is 1. The van der Waals surface area contributed by atoms with Gasteiger partial charge in [0.15, 0.2) is 0 Å². The molecule has 0 unspecified atom stereocenters. The summed E-state index contributed by atoms with van der Waals surface area (Å²) in [7, 11) is 1.88. The van der Waals surface area contributed by atoms with E-state index in [2.05, 4.69) is 10.1 Å². The minimum absolute atomic E-state index is 0.156. The molecular formula is C14H16N4OS. The first-order valence-electron chi connectivity index (χ1n) is 6.60. The Hall–Kier alpha value is -1.82. The first-order chi connectivity index (χ1) is 9.74. The number of carbonyl (C=O) groups is 1. The quantitative estimate of drug-likeness (QED) is 0.865. The third kappa shape index (κ3) is 2.70. The van der Waals surface area contributed by atoms with Crippen LogP contribution in [-0.2, 0) is 18.3 Å². The van der Waals surface area contributed by atoms with Crippen LogP contribution in [0, 0.1) is 0 Å². The summed E-state index contributed by atoms with van der Waals surface area (Å²) in [5.41, 5.74) is 2.04. The molecule has 0 saturated heterocycles. The molecule has 1 aliphatic rings. The summed E-state index contributed by atoms with van der Waals surface area (Å²) in [4.78, 5) is 18.6. The van der Waals surface area contributed by atoms with Gasteiger partial charge in [-0.05, 0) is 24.1 Å². The predicted molar refractivity (Wildman–Crippen MR) is 78.8 cm³/mol. The molecule has 0 fully saturated rings. The molecule has 0 spiro atoms. The second-order valence-electron chi connectivity index (χ2n) is 4.74. The molecule has 104 valence electrons. The van der Waals surface area contributed by atoms with Crippen LogP contribution in [0.15, 0.2) is 35.7 Å². The molecule has 0 aliphatic carbocycles. The summed E-state index contributed by atoms with van der Waals surface area (Å²) in [5.74, 6) is 1.06. The highest BCUT2D eigenvalue weighted by Crippen LogP contribution is 2.32. The zero-order chi connectivity index (χ0) is 13.9. The molecule has 1 amide bonds. The topological polar surface area (TPSA) is 51.0 Å². The van der Waals surface area contributed by atoms with E-state index in [1.807, 2.05) is 36.5 Å². The molecule has 3 rings (SSSR count). The molecule has 0 N–H and O–H groups in total. The van der Waals surface area contributed by atoms with Gasteiger partial charge in [0.2, 0.25) is 5.91 Å². The van der Waals surface area contributed by atoms with Gasteiger partial charge in [0.05, 0.1) is 11.9 Å². The van der Waals surface area contributed by atoms with Crippen LogP contribution in [0.2, 0.25) is 0 Å². The van der Waals surface area contributed by atoms with Gasteiger partial charge in [0.1, 0.15) is 5.03 Å². The van der Waals surface area contributed by atoms with Crippen molar-refractivity contribution in [3.63, 3.8) is 0 Å². The number of rotatable bonds is 3. The number of aromatic nitrogens is 3. The van der Waals surface area contributed by atoms with Crippen LogP contribution in [0.4, 0.5) is 5.69 Å². The maximum absolute atomic E-state index is 12.4. The minimum Gasteiger partial charge on any atom is -0.309 e. The Morgan fingerprint density at radius 3 is 3.20 bits per heavy atom. The fourth-order valence-electron chi connectivity index (χ4n) is 2.30. The number of hydrogen-bond acceptors (Lipinski definition) is 4. The van der Waals surface area contributed by atoms with Crippen LogP contribution < -0.4 is 4.90 Å². The smallest absolute Gasteiger partial charge is 0.227 e. The Morgan fingerprint density at radius 2 is 2.40 bits per heavy atom. The van der Waals surface area contributed by atoms with Crippen LogP contribution in [0.25, 0.3) is 0 Å². The van der Waals surface area contributed by atoms with Crippen LogP contribution in [0.1, 0.15) is 12.0 Å². The highest BCUT2D eigenvalue weighted by molar-refractivity contribution is 7.99. The van der Waals surface area contributed by atoms with Crippen LogP contribution >= 0.6 is 11.8 Å². The number of pyridine rings is 1. The number of thioether (sulfide) groups is 1. The van der Waals surface area contributed by atoms with E-state index in [1.54, 1.807) is 22.6 Å². The van der Waals surface area contributed by atoms with Crippen molar-refractivity contribution in [2.45, 2.75) is 17.9 Å². The molecule has 20 heavy (non-hydrogen) atoms. The van der Waals surface area contributed by atoms with Crippen molar-refractivity contribution < 1.29 is 4.79 Å². The number of carbonyl (C=O) groups excluding carboxylic acids is 1. The number of aryl methyl sites for hydroxylation is 2. The van der Waals surface area contributed by atoms with Crippen LogP contribution in [0.5, 0.6) is 0 Å². The van der Waals surface area contributed by atoms with Crippen molar-refractivity contribution >= 4 is 23.4 Å². The van der Waals surface area contributed by atoms with Crippen molar-refractivity contribution in [1.82, 2.24) is 14.8 Å². The molecule has 6 heteroatoms. The van der Waals surface area contributed by atoms with E-state index in [9.17, 15) is 4.79 Å². The van der Waals surface area contributed by atoms with Gasteiger partial charge < -0.3 is 4.90 Å². The zero-order valence-corrected chi connectivity index (χ0v) is 12.1. The molecule has 2 aromatic heterocycles. The molecule has 0 atom stereocenters. The lowest BCUT2D eigenvalue weighted by molar-refractivity contribution is -0.118. The Morgan fingerprint density at radius 1 is 1.50 bits per heavy atom. The number of fused-ring (bicyclic) bond motifs is 1. The van der Waals surface area contributed by atoms with E-state index in [4.69, 9.17) is 0 Å². The number of hydrogen-bond donors (Lipinski definition) is 0. The fourth-order valence-corrected chi connectivity index (χ4v) is 3.23. The normalized spacial score (nSPS) is 14.2. The average molecular weight is 288 g/mol. The standard InChI is InChI=1S/C14H16N4OS/c1-17-10-11(9-16-17)4-5-13(19)18-7-8-20-14-12(18)3-2-6-15-14/h2-3,6,9-10H,4-5,7-8H2,1H3. The molecule has 2 aromatic rings. The van der Waals surface area contributed by atoms with Gasteiger partial charge in [0, 0.05) is 38.2 Å². The molecule has 3 heterocycles. The summed E-state index contributed by atoms with van der Waals surface area (Å²) in [6.45, 7) is 0.759. The molecule has 5 nitrogen and oxygen atoms in total. The van der Waals surface area contributed by atoms with E-state index >= 15 is 0 Å². The highest BCUT2D eigenvalue weighted by Gasteiger charge is 2.23. The SMILES string of the molecule is Cn1cc(CCC(=O)N2CCSc3ncccc32)cn1. The van der Waals surface area contributed by atoms with E-state index in [-0.39, 0.29) is 5.91 Å². The first kappa shape index (κ1) is 13.2. The molecule has 1 aliphatic heterocycles. The molecular weight excluding hydrogens is 272 g/mol. The third-order valence-electron chi connectivity index (χ3n) is 3.28. The second-order valence-corrected chi connectivity index (χ2v) is 5.83. The Labute approximate surface area is 122 Å². The number of amides is 1.